The molecule has 1 aromatic carbocycles. The smallest absolute Gasteiger partial charge is 0.331 e. The summed E-state index contributed by atoms with van der Waals surface area (Å²) in [6.45, 7) is 1.28. The summed E-state index contributed by atoms with van der Waals surface area (Å²) in [5.74, 6) is 0.730. The van der Waals surface area contributed by atoms with Crippen LogP contribution >= 0.6 is 31.9 Å². The van der Waals surface area contributed by atoms with Crippen molar-refractivity contribution in [2.24, 2.45) is 5.16 Å². The summed E-state index contributed by atoms with van der Waals surface area (Å²) in [5.41, 5.74) is 0.926. The summed E-state index contributed by atoms with van der Waals surface area (Å²) < 4.78 is 7.48. The molecular formula is C13H9Br2NO3. The molecule has 2 rings (SSSR count). The Morgan fingerprint density at radius 3 is 2.79 bits per heavy atom. The van der Waals surface area contributed by atoms with Crippen LogP contribution in [-0.2, 0) is 9.63 Å². The summed E-state index contributed by atoms with van der Waals surface area (Å²) in [6.07, 6.45) is 1.34. The minimum absolute atomic E-state index is 0.473. The first kappa shape index (κ1) is 14.0. The number of oxime groups is 1. The van der Waals surface area contributed by atoms with Crippen molar-refractivity contribution in [1.29, 1.82) is 0 Å². The van der Waals surface area contributed by atoms with E-state index in [9.17, 15) is 4.79 Å². The zero-order valence-corrected chi connectivity index (χ0v) is 13.1. The maximum absolute atomic E-state index is 10.6. The molecule has 0 aliphatic carbocycles. The van der Waals surface area contributed by atoms with Gasteiger partial charge < -0.3 is 9.25 Å². The van der Waals surface area contributed by atoms with Gasteiger partial charge in [-0.1, -0.05) is 21.1 Å². The second kappa shape index (κ2) is 6.16. The minimum Gasteiger partial charge on any atom is -0.455 e. The molecule has 0 radical (unpaired) electrons. The van der Waals surface area contributed by atoms with Gasteiger partial charge in [0.1, 0.15) is 17.7 Å². The molecule has 0 N–H and O–H groups in total. The van der Waals surface area contributed by atoms with Gasteiger partial charge >= 0.3 is 5.97 Å². The Morgan fingerprint density at radius 2 is 2.11 bits per heavy atom. The van der Waals surface area contributed by atoms with Crippen molar-refractivity contribution in [3.05, 3.63) is 45.0 Å². The SMILES string of the molecule is CC(=O)O/N=C/c1ccc(-c2ccc(Br)cc2Br)o1. The first-order valence-electron chi connectivity index (χ1n) is 5.32. The molecule has 0 bridgehead atoms. The molecule has 0 atom stereocenters. The largest absolute Gasteiger partial charge is 0.455 e. The van der Waals surface area contributed by atoms with Crippen molar-refractivity contribution < 1.29 is 14.0 Å². The van der Waals surface area contributed by atoms with E-state index >= 15 is 0 Å². The number of halogens is 2. The van der Waals surface area contributed by atoms with Crippen LogP contribution in [-0.4, -0.2) is 12.2 Å². The molecule has 4 nitrogen and oxygen atoms in total. The monoisotopic (exact) mass is 385 g/mol. The van der Waals surface area contributed by atoms with Crippen LogP contribution in [0.15, 0.2) is 48.9 Å². The Bertz CT molecular complexity index is 635. The topological polar surface area (TPSA) is 51.8 Å². The number of hydrogen-bond donors (Lipinski definition) is 0. The quantitative estimate of drug-likeness (QED) is 0.447. The van der Waals surface area contributed by atoms with E-state index in [4.69, 9.17) is 4.42 Å². The van der Waals surface area contributed by atoms with E-state index in [1.54, 1.807) is 6.07 Å². The molecule has 19 heavy (non-hydrogen) atoms. The van der Waals surface area contributed by atoms with E-state index < -0.39 is 5.97 Å². The third-order valence-electron chi connectivity index (χ3n) is 2.18. The van der Waals surface area contributed by atoms with Crippen LogP contribution in [0.25, 0.3) is 11.3 Å². The summed E-state index contributed by atoms with van der Waals surface area (Å²) in [7, 11) is 0. The van der Waals surface area contributed by atoms with Crippen LogP contribution in [0.4, 0.5) is 0 Å². The van der Waals surface area contributed by atoms with Gasteiger partial charge in [-0.25, -0.2) is 4.79 Å². The van der Waals surface area contributed by atoms with Gasteiger partial charge in [0.25, 0.3) is 0 Å². The van der Waals surface area contributed by atoms with E-state index in [0.29, 0.717) is 11.5 Å². The molecule has 1 aromatic heterocycles. The third-order valence-corrected chi connectivity index (χ3v) is 3.33. The maximum Gasteiger partial charge on any atom is 0.331 e. The molecule has 0 amide bonds. The summed E-state index contributed by atoms with van der Waals surface area (Å²) >= 11 is 6.86. The summed E-state index contributed by atoms with van der Waals surface area (Å²) in [6, 6.07) is 9.36. The minimum atomic E-state index is -0.473. The van der Waals surface area contributed by atoms with Gasteiger partial charge in [0.2, 0.25) is 0 Å². The lowest BCUT2D eigenvalue weighted by atomic mass is 10.2. The van der Waals surface area contributed by atoms with Crippen molar-refractivity contribution in [2.75, 3.05) is 0 Å². The van der Waals surface area contributed by atoms with Gasteiger partial charge in [-0.2, -0.15) is 0 Å². The Labute approximate surface area is 126 Å². The second-order valence-electron chi connectivity index (χ2n) is 3.64. The molecule has 6 heteroatoms. The van der Waals surface area contributed by atoms with Crippen molar-refractivity contribution >= 4 is 44.0 Å². The van der Waals surface area contributed by atoms with E-state index in [1.807, 2.05) is 24.3 Å². The lowest BCUT2D eigenvalue weighted by molar-refractivity contribution is -0.140. The lowest BCUT2D eigenvalue weighted by Gasteiger charge is -2.01. The Balaban J connectivity index is 2.21. The van der Waals surface area contributed by atoms with Crippen LogP contribution in [0.3, 0.4) is 0 Å². The predicted octanol–water partition coefficient (Wildman–Crippen LogP) is 4.37. The number of benzene rings is 1. The molecular weight excluding hydrogens is 378 g/mol. The number of hydrogen-bond acceptors (Lipinski definition) is 4. The zero-order valence-electron chi connectivity index (χ0n) is 9.89. The molecule has 0 aliphatic heterocycles. The van der Waals surface area contributed by atoms with Crippen LogP contribution in [0.5, 0.6) is 0 Å². The Morgan fingerprint density at radius 1 is 1.32 bits per heavy atom. The molecule has 0 spiro atoms. The maximum atomic E-state index is 10.6. The van der Waals surface area contributed by atoms with Gasteiger partial charge in [-0.15, -0.1) is 0 Å². The van der Waals surface area contributed by atoms with E-state index in [0.717, 1.165) is 14.5 Å². The van der Waals surface area contributed by atoms with Gasteiger partial charge in [0.15, 0.2) is 0 Å². The number of nitrogens with zero attached hydrogens (tertiary/aromatic N) is 1. The molecule has 0 unspecified atom stereocenters. The number of furan rings is 1. The molecule has 2 aromatic rings. The van der Waals surface area contributed by atoms with Gasteiger partial charge in [-0.05, 0) is 46.3 Å². The van der Waals surface area contributed by atoms with Crippen molar-refractivity contribution in [3.8, 4) is 11.3 Å². The fraction of sp³-hybridized carbons (Fsp3) is 0.0769. The highest BCUT2D eigenvalue weighted by atomic mass is 79.9. The Hall–Kier alpha value is -1.40. The zero-order chi connectivity index (χ0) is 13.8. The standard InChI is InChI=1S/C13H9Br2NO3/c1-8(17)19-16-7-10-3-5-13(18-10)11-4-2-9(14)6-12(11)15/h2-7H,1H3/b16-7+. The third kappa shape index (κ3) is 3.78. The fourth-order valence-corrected chi connectivity index (χ4v) is 2.65. The second-order valence-corrected chi connectivity index (χ2v) is 5.41. The van der Waals surface area contributed by atoms with Crippen LogP contribution in [0.1, 0.15) is 12.7 Å². The molecule has 0 fully saturated rings. The van der Waals surface area contributed by atoms with Crippen molar-refractivity contribution in [1.82, 2.24) is 0 Å². The van der Waals surface area contributed by atoms with Gasteiger partial charge in [-0.3, -0.25) is 0 Å². The molecule has 0 aliphatic rings. The highest BCUT2D eigenvalue weighted by Crippen LogP contribution is 2.31. The van der Waals surface area contributed by atoms with E-state index in [-0.39, 0.29) is 0 Å². The van der Waals surface area contributed by atoms with E-state index in [1.165, 1.54) is 13.1 Å². The predicted molar refractivity (Wildman–Crippen MR) is 78.9 cm³/mol. The van der Waals surface area contributed by atoms with Crippen molar-refractivity contribution in [2.45, 2.75) is 6.92 Å². The highest BCUT2D eigenvalue weighted by molar-refractivity contribution is 9.11. The van der Waals surface area contributed by atoms with Crippen LogP contribution in [0.2, 0.25) is 0 Å². The molecule has 1 heterocycles. The average Bonchev–Trinajstić information content (AvgIpc) is 2.77. The summed E-state index contributed by atoms with van der Waals surface area (Å²) in [4.78, 5) is 15.0. The lowest BCUT2D eigenvalue weighted by Crippen LogP contribution is -1.90. The van der Waals surface area contributed by atoms with Crippen LogP contribution in [0, 0.1) is 0 Å². The normalized spacial score (nSPS) is 10.9. The number of rotatable bonds is 3. The first-order chi connectivity index (χ1) is 9.06. The fourth-order valence-electron chi connectivity index (χ4n) is 1.41. The highest BCUT2D eigenvalue weighted by Gasteiger charge is 2.08. The first-order valence-corrected chi connectivity index (χ1v) is 6.91. The average molecular weight is 387 g/mol. The van der Waals surface area contributed by atoms with Crippen LogP contribution < -0.4 is 0 Å². The van der Waals surface area contributed by atoms with Gasteiger partial charge in [0.05, 0.1) is 0 Å². The van der Waals surface area contributed by atoms with E-state index in [2.05, 4.69) is 41.9 Å². The number of carbonyl (C=O) groups is 1. The van der Waals surface area contributed by atoms with Crippen molar-refractivity contribution in [3.63, 3.8) is 0 Å². The van der Waals surface area contributed by atoms with Gasteiger partial charge in [0, 0.05) is 21.4 Å². The Kier molecular flexibility index (Phi) is 4.55. The molecule has 98 valence electrons. The molecule has 0 saturated carbocycles. The molecule has 0 saturated heterocycles. The number of carbonyl (C=O) groups excluding carboxylic acids is 1. The summed E-state index contributed by atoms with van der Waals surface area (Å²) in [5, 5.41) is 3.50.